The molecule has 2 rings (SSSR count). The number of halogens is 2. The molecule has 1 aromatic heterocycles. The van der Waals surface area contributed by atoms with Crippen molar-refractivity contribution in [3.8, 4) is 0 Å². The number of hydrogen-bond donors (Lipinski definition) is 4. The molecule has 1 aromatic carbocycles. The van der Waals surface area contributed by atoms with Crippen LogP contribution in [0, 0.1) is 11.6 Å². The third-order valence-electron chi connectivity index (χ3n) is 5.15. The van der Waals surface area contributed by atoms with Gasteiger partial charge in [-0.3, -0.25) is 14.5 Å². The number of carbonyl (C=O) groups is 2. The van der Waals surface area contributed by atoms with Crippen LogP contribution in [0.2, 0.25) is 0 Å². The Morgan fingerprint density at radius 1 is 1.12 bits per heavy atom. The van der Waals surface area contributed by atoms with Crippen molar-refractivity contribution in [2.75, 3.05) is 19.4 Å². The number of likely N-dealkylation sites (N-methyl/N-ethyl adjacent to an activating group) is 1. The predicted octanol–water partition coefficient (Wildman–Crippen LogP) is 0.987. The van der Waals surface area contributed by atoms with Gasteiger partial charge in [0.1, 0.15) is 17.9 Å². The number of carbonyl (C=O) groups excluding carboxylic acids is 2. The van der Waals surface area contributed by atoms with Crippen LogP contribution in [0.5, 0.6) is 0 Å². The maximum absolute atomic E-state index is 13.7. The molecule has 2 aromatic rings. The average molecular weight is 450 g/mol. The summed E-state index contributed by atoms with van der Waals surface area (Å²) in [5, 5.41) is 15.0. The van der Waals surface area contributed by atoms with Gasteiger partial charge in [0.25, 0.3) is 0 Å². The zero-order chi connectivity index (χ0) is 23.8. The monoisotopic (exact) mass is 449 g/mol. The summed E-state index contributed by atoms with van der Waals surface area (Å²) in [6.45, 7) is 3.41. The van der Waals surface area contributed by atoms with Crippen molar-refractivity contribution in [1.82, 2.24) is 20.5 Å². The number of aliphatic hydroxyl groups excluding tert-OH is 1. The molecule has 2 atom stereocenters. The van der Waals surface area contributed by atoms with Gasteiger partial charge in [0, 0.05) is 25.2 Å². The summed E-state index contributed by atoms with van der Waals surface area (Å²) in [5.74, 6) is -2.79. The van der Waals surface area contributed by atoms with Gasteiger partial charge in [0.15, 0.2) is 11.6 Å². The Balaban J connectivity index is 2.18. The summed E-state index contributed by atoms with van der Waals surface area (Å²) < 4.78 is 26.9. The predicted molar refractivity (Wildman–Crippen MR) is 116 cm³/mol. The lowest BCUT2D eigenvalue weighted by Gasteiger charge is -2.30. The van der Waals surface area contributed by atoms with Crippen LogP contribution in [0.25, 0.3) is 0 Å². The molecular formula is C22H29F2N5O3. The highest BCUT2D eigenvalue weighted by Crippen LogP contribution is 2.12. The average Bonchev–Trinajstić information content (AvgIpc) is 2.75. The van der Waals surface area contributed by atoms with Gasteiger partial charge in [0.2, 0.25) is 11.8 Å². The van der Waals surface area contributed by atoms with Gasteiger partial charge < -0.3 is 21.5 Å². The Hall–Kier alpha value is -3.11. The van der Waals surface area contributed by atoms with Crippen molar-refractivity contribution in [2.45, 2.75) is 44.9 Å². The largest absolute Gasteiger partial charge is 0.394 e. The molecule has 2 amide bonds. The standard InChI is InChI=1S/C22H29F2N5O3/c1-13(2)29(3)19(12-30)22(32)28-18(9-14-4-6-16(23)17(24)8-14)21(31)27-11-15-5-7-20(25)26-10-15/h4-8,10,13,18-19,30H,9,11-12H2,1-3H3,(H2,25,26)(H,27,31)(H,28,32)/t18-,19-/m0/s1. The van der Waals surface area contributed by atoms with Gasteiger partial charge in [-0.2, -0.15) is 0 Å². The van der Waals surface area contributed by atoms with E-state index in [1.807, 2.05) is 13.8 Å². The minimum atomic E-state index is -1.08. The minimum absolute atomic E-state index is 0.0330. The summed E-state index contributed by atoms with van der Waals surface area (Å²) in [7, 11) is 1.68. The molecule has 0 bridgehead atoms. The van der Waals surface area contributed by atoms with E-state index in [4.69, 9.17) is 5.73 Å². The number of nitrogen functional groups attached to an aromatic ring is 1. The summed E-state index contributed by atoms with van der Waals surface area (Å²) in [5.41, 5.74) is 6.58. The first kappa shape index (κ1) is 25.2. The highest BCUT2D eigenvalue weighted by molar-refractivity contribution is 5.90. The van der Waals surface area contributed by atoms with Crippen LogP contribution < -0.4 is 16.4 Å². The third-order valence-corrected chi connectivity index (χ3v) is 5.15. The molecule has 0 saturated carbocycles. The molecule has 0 saturated heterocycles. The van der Waals surface area contributed by atoms with Gasteiger partial charge in [-0.05, 0) is 50.2 Å². The SMILES string of the molecule is CC(C)N(C)[C@@H](CO)C(=O)N[C@@H](Cc1ccc(F)c(F)c1)C(=O)NCc1ccc(N)nc1. The van der Waals surface area contributed by atoms with E-state index in [0.717, 1.165) is 12.1 Å². The van der Waals surface area contributed by atoms with Crippen molar-refractivity contribution in [2.24, 2.45) is 0 Å². The Morgan fingerprint density at radius 2 is 1.81 bits per heavy atom. The second kappa shape index (κ2) is 11.5. The van der Waals surface area contributed by atoms with Crippen LogP contribution in [-0.2, 0) is 22.6 Å². The molecule has 1 heterocycles. The first-order chi connectivity index (χ1) is 15.1. The molecule has 0 radical (unpaired) electrons. The van der Waals surface area contributed by atoms with Gasteiger partial charge in [0.05, 0.1) is 6.61 Å². The topological polar surface area (TPSA) is 121 Å². The number of benzene rings is 1. The van der Waals surface area contributed by atoms with E-state index in [9.17, 15) is 23.5 Å². The molecule has 0 aliphatic carbocycles. The number of hydrogen-bond acceptors (Lipinski definition) is 6. The number of amides is 2. The van der Waals surface area contributed by atoms with Gasteiger partial charge in [-0.15, -0.1) is 0 Å². The molecule has 0 aliphatic heterocycles. The molecule has 5 N–H and O–H groups in total. The Kier molecular flexibility index (Phi) is 9.03. The van der Waals surface area contributed by atoms with Crippen LogP contribution >= 0.6 is 0 Å². The zero-order valence-electron chi connectivity index (χ0n) is 18.3. The lowest BCUT2D eigenvalue weighted by atomic mass is 10.0. The summed E-state index contributed by atoms with van der Waals surface area (Å²) in [6.07, 6.45) is 1.44. The molecule has 8 nitrogen and oxygen atoms in total. The second-order valence-corrected chi connectivity index (χ2v) is 7.78. The van der Waals surface area contributed by atoms with Gasteiger partial charge in [-0.25, -0.2) is 13.8 Å². The second-order valence-electron chi connectivity index (χ2n) is 7.78. The highest BCUT2D eigenvalue weighted by atomic mass is 19.2. The summed E-state index contributed by atoms with van der Waals surface area (Å²) in [4.78, 5) is 31.3. The van der Waals surface area contributed by atoms with Crippen molar-refractivity contribution in [3.63, 3.8) is 0 Å². The Labute approximate surface area is 185 Å². The molecule has 32 heavy (non-hydrogen) atoms. The maximum atomic E-state index is 13.7. The number of anilines is 1. The van der Waals surface area contributed by atoms with E-state index < -0.39 is 42.1 Å². The quantitative estimate of drug-likeness (QED) is 0.429. The molecular weight excluding hydrogens is 420 g/mol. The number of pyridine rings is 1. The van der Waals surface area contributed by atoms with Crippen LogP contribution in [0.15, 0.2) is 36.5 Å². The summed E-state index contributed by atoms with van der Waals surface area (Å²) >= 11 is 0. The minimum Gasteiger partial charge on any atom is -0.394 e. The number of nitrogens with two attached hydrogens (primary N) is 1. The fourth-order valence-electron chi connectivity index (χ4n) is 2.99. The first-order valence-electron chi connectivity index (χ1n) is 10.2. The van der Waals surface area contributed by atoms with E-state index in [1.54, 1.807) is 24.1 Å². The first-order valence-corrected chi connectivity index (χ1v) is 10.2. The van der Waals surface area contributed by atoms with Crippen molar-refractivity contribution in [1.29, 1.82) is 0 Å². The molecule has 10 heteroatoms. The fraction of sp³-hybridized carbons (Fsp3) is 0.409. The lowest BCUT2D eigenvalue weighted by Crippen LogP contribution is -2.55. The fourth-order valence-corrected chi connectivity index (χ4v) is 2.99. The highest BCUT2D eigenvalue weighted by Gasteiger charge is 2.29. The number of aromatic nitrogens is 1. The summed E-state index contributed by atoms with van der Waals surface area (Å²) in [6, 6.07) is 4.59. The Morgan fingerprint density at radius 3 is 2.38 bits per heavy atom. The zero-order valence-corrected chi connectivity index (χ0v) is 18.3. The molecule has 0 spiro atoms. The number of nitrogens with zero attached hydrogens (tertiary/aromatic N) is 2. The number of rotatable bonds is 10. The van der Waals surface area contributed by atoms with Crippen molar-refractivity contribution >= 4 is 17.6 Å². The molecule has 0 fully saturated rings. The van der Waals surface area contributed by atoms with E-state index >= 15 is 0 Å². The van der Waals surface area contributed by atoms with Crippen LogP contribution in [0.1, 0.15) is 25.0 Å². The van der Waals surface area contributed by atoms with E-state index in [0.29, 0.717) is 16.9 Å². The lowest BCUT2D eigenvalue weighted by molar-refractivity contribution is -0.133. The smallest absolute Gasteiger partial charge is 0.243 e. The van der Waals surface area contributed by atoms with Gasteiger partial charge >= 0.3 is 0 Å². The number of nitrogens with one attached hydrogen (secondary N) is 2. The van der Waals surface area contributed by atoms with E-state index in [1.165, 1.54) is 12.3 Å². The number of aliphatic hydroxyl groups is 1. The third kappa shape index (κ3) is 6.96. The van der Waals surface area contributed by atoms with Crippen LogP contribution in [0.3, 0.4) is 0 Å². The van der Waals surface area contributed by atoms with Crippen molar-refractivity contribution in [3.05, 3.63) is 59.3 Å². The normalized spacial score (nSPS) is 13.1. The van der Waals surface area contributed by atoms with Crippen LogP contribution in [-0.4, -0.2) is 58.6 Å². The van der Waals surface area contributed by atoms with Crippen molar-refractivity contribution < 1.29 is 23.5 Å². The van der Waals surface area contributed by atoms with E-state index in [2.05, 4.69) is 15.6 Å². The van der Waals surface area contributed by atoms with Crippen LogP contribution in [0.4, 0.5) is 14.6 Å². The Bertz CT molecular complexity index is 924. The van der Waals surface area contributed by atoms with E-state index in [-0.39, 0.29) is 19.0 Å². The maximum Gasteiger partial charge on any atom is 0.243 e. The molecule has 0 aliphatic rings. The van der Waals surface area contributed by atoms with Gasteiger partial charge in [-0.1, -0.05) is 12.1 Å². The molecule has 0 unspecified atom stereocenters. The molecule has 174 valence electrons.